The Balaban J connectivity index is 2.57. The Kier molecular flexibility index (Phi) is 4.08. The van der Waals surface area contributed by atoms with Crippen LogP contribution in [0.1, 0.15) is 18.1 Å². The van der Waals surface area contributed by atoms with E-state index >= 15 is 0 Å². The molecule has 2 aromatic rings. The van der Waals surface area contributed by atoms with Gasteiger partial charge in [-0.15, -0.1) is 0 Å². The molecule has 0 atom stereocenters. The molecule has 2 rings (SSSR count). The average Bonchev–Trinajstić information content (AvgIpc) is 2.72. The van der Waals surface area contributed by atoms with E-state index in [1.54, 1.807) is 6.21 Å². The van der Waals surface area contributed by atoms with Crippen LogP contribution in [0, 0.1) is 13.8 Å². The minimum Gasteiger partial charge on any atom is -0.348 e. The van der Waals surface area contributed by atoms with E-state index in [9.17, 15) is 0 Å². The van der Waals surface area contributed by atoms with Crippen LogP contribution in [0.4, 0.5) is 5.69 Å². The van der Waals surface area contributed by atoms with Gasteiger partial charge in [-0.2, -0.15) is 0 Å². The maximum absolute atomic E-state index is 4.47. The maximum Gasteiger partial charge on any atom is 0.154 e. The van der Waals surface area contributed by atoms with Crippen LogP contribution in [0.15, 0.2) is 35.5 Å². The summed E-state index contributed by atoms with van der Waals surface area (Å²) in [7, 11) is 2.00. The standard InChI is InChI=1S/C17H21N3/c1-6-18-17(16-13(3)9-10-20(16)5)19-15-8-7-12(2)11-14(15)4/h6-11,19H,3H2,1-2,4-5H3/b17-16-,18-6-. The molecule has 0 spiro atoms. The van der Waals surface area contributed by atoms with Crippen molar-refractivity contribution in [2.24, 2.45) is 12.0 Å². The zero-order chi connectivity index (χ0) is 14.7. The van der Waals surface area contributed by atoms with Crippen LogP contribution in [0.3, 0.4) is 0 Å². The van der Waals surface area contributed by atoms with Crippen LogP contribution in [-0.4, -0.2) is 10.8 Å². The lowest BCUT2D eigenvalue weighted by molar-refractivity contribution is 0.881. The zero-order valence-corrected chi connectivity index (χ0v) is 12.6. The SMILES string of the molecule is C=c1ccn(C)/c1=C(/N=C\C)Nc1ccc(C)cc1C. The van der Waals surface area contributed by atoms with E-state index in [0.29, 0.717) is 0 Å². The molecule has 1 aromatic heterocycles. The van der Waals surface area contributed by atoms with Gasteiger partial charge in [0.2, 0.25) is 0 Å². The van der Waals surface area contributed by atoms with Gasteiger partial charge in [0.15, 0.2) is 5.82 Å². The van der Waals surface area contributed by atoms with Crippen molar-refractivity contribution >= 4 is 24.3 Å². The van der Waals surface area contributed by atoms with Gasteiger partial charge in [-0.1, -0.05) is 24.3 Å². The molecule has 0 bridgehead atoms. The highest BCUT2D eigenvalue weighted by Crippen LogP contribution is 2.18. The van der Waals surface area contributed by atoms with Crippen molar-refractivity contribution in [2.75, 3.05) is 5.32 Å². The number of hydrogen-bond acceptors (Lipinski definition) is 2. The third-order valence-electron chi connectivity index (χ3n) is 3.27. The van der Waals surface area contributed by atoms with Crippen LogP contribution in [-0.2, 0) is 7.05 Å². The number of aromatic nitrogens is 1. The number of benzene rings is 1. The number of nitrogens with one attached hydrogen (secondary N) is 1. The Hall–Kier alpha value is -2.29. The van der Waals surface area contributed by atoms with Crippen molar-refractivity contribution in [3.8, 4) is 0 Å². The third-order valence-corrected chi connectivity index (χ3v) is 3.27. The van der Waals surface area contributed by atoms with E-state index in [1.165, 1.54) is 11.1 Å². The molecule has 0 amide bonds. The Labute approximate surface area is 120 Å². The zero-order valence-electron chi connectivity index (χ0n) is 12.6. The molecule has 3 heteroatoms. The van der Waals surface area contributed by atoms with Crippen molar-refractivity contribution in [3.05, 3.63) is 52.2 Å². The highest BCUT2D eigenvalue weighted by atomic mass is 15.1. The largest absolute Gasteiger partial charge is 0.348 e. The first kappa shape index (κ1) is 14.1. The van der Waals surface area contributed by atoms with Crippen LogP contribution < -0.4 is 15.9 Å². The Morgan fingerprint density at radius 3 is 2.60 bits per heavy atom. The lowest BCUT2D eigenvalue weighted by Gasteiger charge is -2.11. The summed E-state index contributed by atoms with van der Waals surface area (Å²) in [5.41, 5.74) is 3.52. The van der Waals surface area contributed by atoms with E-state index < -0.39 is 0 Å². The molecule has 1 heterocycles. The van der Waals surface area contributed by atoms with Crippen LogP contribution >= 0.6 is 0 Å². The minimum absolute atomic E-state index is 0.817. The smallest absolute Gasteiger partial charge is 0.154 e. The van der Waals surface area contributed by atoms with E-state index in [0.717, 1.165) is 22.1 Å². The topological polar surface area (TPSA) is 29.3 Å². The van der Waals surface area contributed by atoms with Crippen molar-refractivity contribution in [1.29, 1.82) is 0 Å². The van der Waals surface area contributed by atoms with Crippen LogP contribution in [0.5, 0.6) is 0 Å². The number of aliphatic imine (C=N–C) groups is 1. The summed E-state index contributed by atoms with van der Waals surface area (Å²) in [6.07, 6.45) is 3.78. The van der Waals surface area contributed by atoms with Crippen molar-refractivity contribution in [2.45, 2.75) is 20.8 Å². The molecule has 1 aromatic carbocycles. The highest BCUT2D eigenvalue weighted by Gasteiger charge is 2.04. The summed E-state index contributed by atoms with van der Waals surface area (Å²) in [6.45, 7) is 10.2. The molecule has 0 radical (unpaired) electrons. The predicted molar refractivity (Wildman–Crippen MR) is 87.3 cm³/mol. The van der Waals surface area contributed by atoms with Gasteiger partial charge in [-0.05, 0) is 43.7 Å². The number of anilines is 1. The number of hydrogen-bond donors (Lipinski definition) is 1. The summed E-state index contributed by atoms with van der Waals surface area (Å²) in [5, 5.41) is 5.38. The highest BCUT2D eigenvalue weighted by molar-refractivity contribution is 5.72. The van der Waals surface area contributed by atoms with Gasteiger partial charge in [0.05, 0.1) is 5.35 Å². The second kappa shape index (κ2) is 5.78. The molecule has 104 valence electrons. The molecular formula is C17H21N3. The fourth-order valence-corrected chi connectivity index (χ4v) is 2.26. The fraction of sp³-hybridized carbons (Fsp3) is 0.235. The second-order valence-electron chi connectivity index (χ2n) is 4.98. The van der Waals surface area contributed by atoms with Gasteiger partial charge in [-0.25, -0.2) is 4.99 Å². The molecule has 0 saturated heterocycles. The summed E-state index contributed by atoms with van der Waals surface area (Å²) in [5.74, 6) is 0.817. The van der Waals surface area contributed by atoms with E-state index in [-0.39, 0.29) is 0 Å². The monoisotopic (exact) mass is 267 g/mol. The molecule has 3 nitrogen and oxygen atoms in total. The summed E-state index contributed by atoms with van der Waals surface area (Å²) < 4.78 is 2.03. The van der Waals surface area contributed by atoms with Crippen molar-refractivity contribution in [1.82, 2.24) is 4.57 Å². The Morgan fingerprint density at radius 1 is 1.30 bits per heavy atom. The fourth-order valence-electron chi connectivity index (χ4n) is 2.26. The molecule has 0 aliphatic carbocycles. The lowest BCUT2D eigenvalue weighted by atomic mass is 10.1. The van der Waals surface area contributed by atoms with Gasteiger partial charge in [0, 0.05) is 25.1 Å². The normalized spacial score (nSPS) is 12.8. The number of aryl methyl sites for hydroxylation is 3. The molecule has 20 heavy (non-hydrogen) atoms. The van der Waals surface area contributed by atoms with E-state index in [2.05, 4.69) is 48.9 Å². The minimum atomic E-state index is 0.817. The van der Waals surface area contributed by atoms with Crippen molar-refractivity contribution < 1.29 is 0 Å². The van der Waals surface area contributed by atoms with Gasteiger partial charge in [-0.3, -0.25) is 0 Å². The molecule has 0 aliphatic heterocycles. The van der Waals surface area contributed by atoms with E-state index in [1.807, 2.05) is 30.8 Å². The number of rotatable bonds is 3. The van der Waals surface area contributed by atoms with Gasteiger partial charge >= 0.3 is 0 Å². The average molecular weight is 267 g/mol. The lowest BCUT2D eigenvalue weighted by Crippen LogP contribution is -2.31. The summed E-state index contributed by atoms with van der Waals surface area (Å²) in [6, 6.07) is 8.33. The Morgan fingerprint density at radius 2 is 2.05 bits per heavy atom. The maximum atomic E-state index is 4.47. The quantitative estimate of drug-likeness (QED) is 0.850. The van der Waals surface area contributed by atoms with Crippen LogP contribution in [0.2, 0.25) is 0 Å². The molecule has 1 N–H and O–H groups in total. The first-order valence-electron chi connectivity index (χ1n) is 6.70. The summed E-state index contributed by atoms with van der Waals surface area (Å²) >= 11 is 0. The molecule has 0 aliphatic rings. The van der Waals surface area contributed by atoms with Gasteiger partial charge < -0.3 is 9.88 Å². The van der Waals surface area contributed by atoms with Gasteiger partial charge in [0.25, 0.3) is 0 Å². The number of nitrogens with zero attached hydrogens (tertiary/aromatic N) is 2. The van der Waals surface area contributed by atoms with E-state index in [4.69, 9.17) is 0 Å². The third kappa shape index (κ3) is 2.82. The molecule has 0 fully saturated rings. The van der Waals surface area contributed by atoms with Crippen molar-refractivity contribution in [3.63, 3.8) is 0 Å². The van der Waals surface area contributed by atoms with Gasteiger partial charge in [0.1, 0.15) is 0 Å². The second-order valence-corrected chi connectivity index (χ2v) is 4.98. The molecule has 0 unspecified atom stereocenters. The van der Waals surface area contributed by atoms with Crippen LogP contribution in [0.25, 0.3) is 12.4 Å². The predicted octanol–water partition coefficient (Wildman–Crippen LogP) is 2.32. The first-order valence-corrected chi connectivity index (χ1v) is 6.70. The summed E-state index contributed by atoms with van der Waals surface area (Å²) in [4.78, 5) is 4.47. The first-order chi connectivity index (χ1) is 9.52. The Bertz CT molecular complexity index is 751. The molecular weight excluding hydrogens is 246 g/mol. The molecule has 0 saturated carbocycles.